The third-order valence-electron chi connectivity index (χ3n) is 13.7. The number of amides is 4. The molecule has 5 aromatic rings. The summed E-state index contributed by atoms with van der Waals surface area (Å²) in [5.41, 5.74) is -0.00995. The van der Waals surface area contributed by atoms with Crippen molar-refractivity contribution in [3.8, 4) is 17.6 Å². The molecule has 0 aromatic heterocycles. The van der Waals surface area contributed by atoms with E-state index >= 15 is 19.2 Å². The third-order valence-corrected chi connectivity index (χ3v) is 13.7. The first-order chi connectivity index (χ1) is 35.2. The van der Waals surface area contributed by atoms with Crippen LogP contribution in [-0.4, -0.2) is 96.8 Å². The molecule has 8 rings (SSSR count). The minimum atomic E-state index is -2.29. The van der Waals surface area contributed by atoms with Crippen molar-refractivity contribution >= 4 is 47.4 Å². The summed E-state index contributed by atoms with van der Waals surface area (Å²) in [6.45, 7) is 2.98. The number of ether oxygens (including phenoxy) is 4. The van der Waals surface area contributed by atoms with Crippen molar-refractivity contribution in [2.75, 3.05) is 32.8 Å². The number of benzene rings is 5. The summed E-state index contributed by atoms with van der Waals surface area (Å²) < 4.78 is 21.2. The van der Waals surface area contributed by atoms with Crippen LogP contribution in [0.3, 0.4) is 0 Å². The molecule has 0 bridgehead atoms. The molecular weight excluding hydrogens is 937 g/mol. The highest BCUT2D eigenvalue weighted by atomic mass is 16.6. The van der Waals surface area contributed by atoms with Gasteiger partial charge in [-0.2, -0.15) is 0 Å². The average Bonchev–Trinajstić information content (AvgIpc) is 3.87. The van der Waals surface area contributed by atoms with Crippen LogP contribution in [0.1, 0.15) is 77.9 Å². The Labute approximate surface area is 421 Å². The standard InChI is InChI=1S/C56H54N4O13/c1-32(2)44(52(66)72-5)58-55(69)59-41-29-24-33(16-15-23-39(50(64)70-3)51(65)71-4)30-40(41)56(54(59)68)43(49(63)57-31-42(62)34-17-9-6-10-18-34)46-53(67)73-47(36-21-13-8-14-22-36)45(35-19-11-7-12-20-35)60(46)48(56)37-25-27-38(61)28-26-37/h6-14,17-22,24-30,32,39,42-48,61-62H,23,31H2,1-5H3,(H,57,63)(H,58,69). The molecule has 73 heavy (non-hydrogen) atoms. The first-order valence-electron chi connectivity index (χ1n) is 23.6. The summed E-state index contributed by atoms with van der Waals surface area (Å²) in [5.74, 6) is -3.28. The fourth-order valence-electron chi connectivity index (χ4n) is 10.4. The number of hydrogen-bond acceptors (Lipinski definition) is 14. The van der Waals surface area contributed by atoms with Crippen molar-refractivity contribution in [3.05, 3.63) is 167 Å². The zero-order chi connectivity index (χ0) is 52.1. The second-order valence-corrected chi connectivity index (χ2v) is 18.2. The molecule has 3 aliphatic heterocycles. The number of phenolic OH excluding ortho intramolecular Hbond substituents is 1. The van der Waals surface area contributed by atoms with Gasteiger partial charge in [0.05, 0.1) is 51.1 Å². The molecule has 3 heterocycles. The van der Waals surface area contributed by atoms with E-state index in [0.29, 0.717) is 22.3 Å². The number of hydrogen-bond donors (Lipinski definition) is 4. The number of cyclic esters (lactones) is 1. The first-order valence-corrected chi connectivity index (χ1v) is 23.6. The van der Waals surface area contributed by atoms with Crippen LogP contribution in [-0.2, 0) is 53.1 Å². The number of imide groups is 1. The molecule has 3 aliphatic rings. The number of nitrogens with one attached hydrogen (secondary N) is 2. The van der Waals surface area contributed by atoms with Gasteiger partial charge >= 0.3 is 29.9 Å². The second-order valence-electron chi connectivity index (χ2n) is 18.2. The monoisotopic (exact) mass is 990 g/mol. The summed E-state index contributed by atoms with van der Waals surface area (Å²) in [4.78, 5) is 104. The Bertz CT molecular complexity index is 2940. The first kappa shape index (κ1) is 51.0. The van der Waals surface area contributed by atoms with E-state index < -0.39 is 101 Å². The molecule has 5 aromatic carbocycles. The zero-order valence-electron chi connectivity index (χ0n) is 40.6. The molecule has 0 radical (unpaired) electrons. The lowest BCUT2D eigenvalue weighted by Crippen LogP contribution is -2.58. The van der Waals surface area contributed by atoms with Crippen molar-refractivity contribution in [2.24, 2.45) is 17.8 Å². The normalized spacial score (nSPS) is 21.8. The Hall–Kier alpha value is -8.33. The van der Waals surface area contributed by atoms with Crippen molar-refractivity contribution in [2.45, 2.75) is 62.1 Å². The fourth-order valence-corrected chi connectivity index (χ4v) is 10.4. The van der Waals surface area contributed by atoms with Crippen molar-refractivity contribution in [1.29, 1.82) is 0 Å². The minimum absolute atomic E-state index is 0.0302. The predicted molar refractivity (Wildman–Crippen MR) is 263 cm³/mol. The number of carbonyl (C=O) groups excluding carboxylic acids is 7. The molecule has 0 aliphatic carbocycles. The molecule has 2 fully saturated rings. The maximum atomic E-state index is 16.6. The van der Waals surface area contributed by atoms with Gasteiger partial charge in [-0.05, 0) is 64.1 Å². The Balaban J connectivity index is 1.43. The van der Waals surface area contributed by atoms with E-state index in [2.05, 4.69) is 22.5 Å². The quantitative estimate of drug-likeness (QED) is 0.0494. The van der Waals surface area contributed by atoms with Crippen LogP contribution in [0, 0.1) is 29.6 Å². The Morgan fingerprint density at radius 3 is 1.92 bits per heavy atom. The van der Waals surface area contributed by atoms with E-state index in [1.807, 2.05) is 36.4 Å². The Morgan fingerprint density at radius 2 is 1.33 bits per heavy atom. The van der Waals surface area contributed by atoms with E-state index in [1.165, 1.54) is 30.3 Å². The van der Waals surface area contributed by atoms with Crippen LogP contribution in [0.5, 0.6) is 5.75 Å². The van der Waals surface area contributed by atoms with Crippen LogP contribution in [0.2, 0.25) is 0 Å². The SMILES string of the molecule is COC(=O)C(CC#Cc1ccc2c(c1)C1(C(=O)N2C(=O)NC(C(=O)OC)C(C)C)C(C(=O)NCC(O)c2ccccc2)C2C(=O)OC(c3ccccc3)C(c3ccccc3)N2C1c1ccc(O)cc1)C(=O)OC. The van der Waals surface area contributed by atoms with Crippen LogP contribution in [0.15, 0.2) is 133 Å². The summed E-state index contributed by atoms with van der Waals surface area (Å²) in [6.07, 6.45) is -2.63. The van der Waals surface area contributed by atoms with E-state index in [1.54, 1.807) is 85.5 Å². The highest BCUT2D eigenvalue weighted by Crippen LogP contribution is 2.66. The zero-order valence-corrected chi connectivity index (χ0v) is 40.6. The molecule has 1 spiro atoms. The van der Waals surface area contributed by atoms with Gasteiger partial charge in [0.25, 0.3) is 0 Å². The number of aromatic hydroxyl groups is 1. The second kappa shape index (κ2) is 21.6. The highest BCUT2D eigenvalue weighted by molar-refractivity contribution is 6.25. The van der Waals surface area contributed by atoms with E-state index in [0.717, 1.165) is 26.2 Å². The molecule has 8 atom stereocenters. The number of aliphatic hydroxyl groups excluding tert-OH is 1. The summed E-state index contributed by atoms with van der Waals surface area (Å²) in [5, 5.41) is 27.8. The Kier molecular flexibility index (Phi) is 15.1. The van der Waals surface area contributed by atoms with Gasteiger partial charge in [-0.25, -0.2) is 14.5 Å². The van der Waals surface area contributed by atoms with Crippen molar-refractivity contribution in [3.63, 3.8) is 0 Å². The number of aliphatic hydroxyl groups is 1. The van der Waals surface area contributed by atoms with Gasteiger partial charge < -0.3 is 39.8 Å². The number of anilines is 1. The highest BCUT2D eigenvalue weighted by Gasteiger charge is 2.75. The number of rotatable bonds is 13. The van der Waals surface area contributed by atoms with Crippen molar-refractivity contribution in [1.82, 2.24) is 15.5 Å². The molecule has 8 unspecified atom stereocenters. The van der Waals surface area contributed by atoms with Crippen LogP contribution >= 0.6 is 0 Å². The molecule has 4 amide bonds. The lowest BCUT2D eigenvalue weighted by Gasteiger charge is -2.46. The van der Waals surface area contributed by atoms with Gasteiger partial charge in [0.1, 0.15) is 29.4 Å². The molecular formula is C56H54N4O13. The molecule has 376 valence electrons. The lowest BCUT2D eigenvalue weighted by molar-refractivity contribution is -0.178. The third kappa shape index (κ3) is 9.50. The Morgan fingerprint density at radius 1 is 0.740 bits per heavy atom. The van der Waals surface area contributed by atoms with Crippen LogP contribution < -0.4 is 15.5 Å². The van der Waals surface area contributed by atoms with Gasteiger partial charge in [-0.15, -0.1) is 0 Å². The summed E-state index contributed by atoms with van der Waals surface area (Å²) >= 11 is 0. The van der Waals surface area contributed by atoms with Gasteiger partial charge in [-0.3, -0.25) is 28.9 Å². The molecule has 17 nitrogen and oxygen atoms in total. The smallest absolute Gasteiger partial charge is 0.329 e. The molecule has 17 heteroatoms. The maximum Gasteiger partial charge on any atom is 0.329 e. The van der Waals surface area contributed by atoms with Gasteiger partial charge in [0.15, 0.2) is 5.92 Å². The number of urea groups is 1. The molecule has 4 N–H and O–H groups in total. The van der Waals surface area contributed by atoms with Gasteiger partial charge in [0.2, 0.25) is 11.8 Å². The van der Waals surface area contributed by atoms with Crippen molar-refractivity contribution < 1.29 is 62.7 Å². The summed E-state index contributed by atoms with van der Waals surface area (Å²) in [6, 6.07) is 30.9. The van der Waals surface area contributed by atoms with E-state index in [4.69, 9.17) is 18.9 Å². The number of nitrogens with zero attached hydrogens (tertiary/aromatic N) is 2. The number of esters is 4. The van der Waals surface area contributed by atoms with E-state index in [9.17, 15) is 24.6 Å². The van der Waals surface area contributed by atoms with E-state index in [-0.39, 0.29) is 35.5 Å². The topological polar surface area (TPSA) is 227 Å². The molecule has 2 saturated heterocycles. The number of morpholine rings is 1. The summed E-state index contributed by atoms with van der Waals surface area (Å²) in [7, 11) is 3.40. The minimum Gasteiger partial charge on any atom is -0.508 e. The van der Waals surface area contributed by atoms with Gasteiger partial charge in [-0.1, -0.05) is 129 Å². The molecule has 0 saturated carbocycles. The maximum absolute atomic E-state index is 16.6. The average molecular weight is 991 g/mol. The lowest BCUT2D eigenvalue weighted by atomic mass is 9.65. The van der Waals surface area contributed by atoms with Crippen LogP contribution in [0.4, 0.5) is 10.5 Å². The largest absolute Gasteiger partial charge is 0.508 e. The number of methoxy groups -OCH3 is 3. The number of fused-ring (bicyclic) bond motifs is 3. The number of carbonyl (C=O) groups is 7. The predicted octanol–water partition coefficient (Wildman–Crippen LogP) is 5.52. The van der Waals surface area contributed by atoms with Gasteiger partial charge in [0, 0.05) is 18.5 Å². The number of phenols is 1. The fraction of sp³-hybridized carbons (Fsp3) is 0.304. The van der Waals surface area contributed by atoms with Crippen LogP contribution in [0.25, 0.3) is 0 Å².